The maximum Gasteiger partial charge on any atom is 0.137 e. The Morgan fingerprint density at radius 2 is 2.00 bits per heavy atom. The fraction of sp³-hybridized carbons (Fsp3) is 0.588. The van der Waals surface area contributed by atoms with Gasteiger partial charge >= 0.3 is 0 Å². The second-order valence-electron chi connectivity index (χ2n) is 5.97. The Hall–Kier alpha value is -1.35. The lowest BCUT2D eigenvalue weighted by Gasteiger charge is -2.05. The Morgan fingerprint density at radius 3 is 2.80 bits per heavy atom. The number of nitrogens with zero attached hydrogens (tertiary/aromatic N) is 2. The number of fused-ring (bicyclic) bond motifs is 1. The van der Waals surface area contributed by atoms with Crippen molar-refractivity contribution < 1.29 is 0 Å². The van der Waals surface area contributed by atoms with Crippen molar-refractivity contribution in [3.05, 3.63) is 36.3 Å². The van der Waals surface area contributed by atoms with Crippen LogP contribution in [0.25, 0.3) is 5.65 Å². The molecule has 0 atom stereocenters. The van der Waals surface area contributed by atoms with Crippen LogP contribution >= 0.6 is 0 Å². The fourth-order valence-electron chi connectivity index (χ4n) is 2.44. The van der Waals surface area contributed by atoms with Crippen LogP contribution in [-0.2, 0) is 6.54 Å². The first-order valence-corrected chi connectivity index (χ1v) is 7.89. The standard InChI is InChI=1S/C17H27N3/c1-15(2)9-5-3-4-7-11-18-13-16-14-20-12-8-6-10-17(20)19-16/h6,8,10,12,14-15,18H,3-5,7,9,11,13H2,1-2H3. The zero-order valence-corrected chi connectivity index (χ0v) is 12.8. The van der Waals surface area contributed by atoms with Crippen molar-refractivity contribution in [2.24, 2.45) is 5.92 Å². The second-order valence-corrected chi connectivity index (χ2v) is 5.97. The molecule has 0 aromatic carbocycles. The van der Waals surface area contributed by atoms with E-state index >= 15 is 0 Å². The quantitative estimate of drug-likeness (QED) is 0.699. The molecule has 0 aliphatic heterocycles. The highest BCUT2D eigenvalue weighted by atomic mass is 15.0. The van der Waals surface area contributed by atoms with Gasteiger partial charge in [-0.2, -0.15) is 0 Å². The van der Waals surface area contributed by atoms with Gasteiger partial charge in [-0.3, -0.25) is 0 Å². The molecule has 0 saturated heterocycles. The molecule has 3 nitrogen and oxygen atoms in total. The Labute approximate surface area is 122 Å². The Bertz CT molecular complexity index is 469. The van der Waals surface area contributed by atoms with Crippen molar-refractivity contribution in [1.29, 1.82) is 0 Å². The van der Waals surface area contributed by atoms with E-state index in [2.05, 4.69) is 34.7 Å². The molecule has 2 aromatic heterocycles. The summed E-state index contributed by atoms with van der Waals surface area (Å²) in [6.07, 6.45) is 10.9. The molecule has 20 heavy (non-hydrogen) atoms. The monoisotopic (exact) mass is 273 g/mol. The molecule has 0 saturated carbocycles. The molecule has 0 aliphatic rings. The highest BCUT2D eigenvalue weighted by Crippen LogP contribution is 2.09. The third-order valence-corrected chi connectivity index (χ3v) is 3.61. The van der Waals surface area contributed by atoms with Crippen LogP contribution in [0, 0.1) is 5.92 Å². The number of unbranched alkanes of at least 4 members (excludes halogenated alkanes) is 3. The van der Waals surface area contributed by atoms with Gasteiger partial charge in [-0.15, -0.1) is 0 Å². The van der Waals surface area contributed by atoms with Crippen LogP contribution in [0.2, 0.25) is 0 Å². The van der Waals surface area contributed by atoms with Crippen LogP contribution in [-0.4, -0.2) is 15.9 Å². The third kappa shape index (κ3) is 4.97. The first-order chi connectivity index (χ1) is 9.75. The predicted molar refractivity (Wildman–Crippen MR) is 84.8 cm³/mol. The number of hydrogen-bond donors (Lipinski definition) is 1. The van der Waals surface area contributed by atoms with E-state index in [1.54, 1.807) is 0 Å². The zero-order chi connectivity index (χ0) is 14.2. The Kier molecular flexibility index (Phi) is 6.06. The van der Waals surface area contributed by atoms with Gasteiger partial charge < -0.3 is 9.72 Å². The van der Waals surface area contributed by atoms with Gasteiger partial charge in [0.2, 0.25) is 0 Å². The summed E-state index contributed by atoms with van der Waals surface area (Å²) in [4.78, 5) is 4.58. The largest absolute Gasteiger partial charge is 0.311 e. The average Bonchev–Trinajstić information content (AvgIpc) is 2.84. The van der Waals surface area contributed by atoms with E-state index in [9.17, 15) is 0 Å². The molecule has 3 heteroatoms. The molecule has 2 rings (SSSR count). The van der Waals surface area contributed by atoms with Gasteiger partial charge in [-0.05, 0) is 31.0 Å². The minimum absolute atomic E-state index is 0.850. The van der Waals surface area contributed by atoms with Gasteiger partial charge in [0.1, 0.15) is 5.65 Å². The molecule has 0 spiro atoms. The van der Waals surface area contributed by atoms with Crippen LogP contribution in [0.15, 0.2) is 30.6 Å². The smallest absolute Gasteiger partial charge is 0.137 e. The third-order valence-electron chi connectivity index (χ3n) is 3.61. The molecule has 0 aliphatic carbocycles. The normalized spacial score (nSPS) is 11.6. The molecule has 0 fully saturated rings. The molecule has 0 bridgehead atoms. The van der Waals surface area contributed by atoms with E-state index in [0.29, 0.717) is 0 Å². The number of imidazole rings is 1. The topological polar surface area (TPSA) is 29.3 Å². The number of rotatable bonds is 9. The predicted octanol–water partition coefficient (Wildman–Crippen LogP) is 4.03. The molecular weight excluding hydrogens is 246 g/mol. The molecular formula is C17H27N3. The van der Waals surface area contributed by atoms with Crippen LogP contribution in [0.4, 0.5) is 0 Å². The van der Waals surface area contributed by atoms with Gasteiger partial charge in [-0.1, -0.05) is 45.6 Å². The van der Waals surface area contributed by atoms with E-state index in [-0.39, 0.29) is 0 Å². The number of hydrogen-bond acceptors (Lipinski definition) is 2. The maximum absolute atomic E-state index is 4.58. The second kappa shape index (κ2) is 8.05. The minimum Gasteiger partial charge on any atom is -0.311 e. The van der Waals surface area contributed by atoms with E-state index in [4.69, 9.17) is 0 Å². The van der Waals surface area contributed by atoms with Crippen molar-refractivity contribution in [1.82, 2.24) is 14.7 Å². The molecule has 1 N–H and O–H groups in total. The first kappa shape index (κ1) is 15.0. The zero-order valence-electron chi connectivity index (χ0n) is 12.8. The Morgan fingerprint density at radius 1 is 1.15 bits per heavy atom. The summed E-state index contributed by atoms with van der Waals surface area (Å²) in [5, 5.41) is 3.49. The van der Waals surface area contributed by atoms with Crippen LogP contribution in [0.1, 0.15) is 51.6 Å². The summed E-state index contributed by atoms with van der Waals surface area (Å²) >= 11 is 0. The minimum atomic E-state index is 0.850. The first-order valence-electron chi connectivity index (χ1n) is 7.89. The number of aromatic nitrogens is 2. The van der Waals surface area contributed by atoms with Crippen LogP contribution in [0.3, 0.4) is 0 Å². The summed E-state index contributed by atoms with van der Waals surface area (Å²) in [6.45, 7) is 6.57. The van der Waals surface area contributed by atoms with E-state index in [1.807, 2.05) is 24.4 Å². The molecule has 0 amide bonds. The maximum atomic E-state index is 4.58. The lowest BCUT2D eigenvalue weighted by molar-refractivity contribution is 0.512. The average molecular weight is 273 g/mol. The van der Waals surface area contributed by atoms with Crippen molar-refractivity contribution >= 4 is 5.65 Å². The van der Waals surface area contributed by atoms with Crippen molar-refractivity contribution in [3.8, 4) is 0 Å². The number of nitrogens with one attached hydrogen (secondary N) is 1. The number of pyridine rings is 1. The van der Waals surface area contributed by atoms with Gasteiger partial charge in [0.25, 0.3) is 0 Å². The molecule has 2 heterocycles. The summed E-state index contributed by atoms with van der Waals surface area (Å²) in [5.41, 5.74) is 2.15. The SMILES string of the molecule is CC(C)CCCCCCNCc1cn2ccccc2n1. The summed E-state index contributed by atoms with van der Waals surface area (Å²) < 4.78 is 2.07. The van der Waals surface area contributed by atoms with E-state index in [0.717, 1.165) is 30.3 Å². The van der Waals surface area contributed by atoms with Gasteiger partial charge in [0, 0.05) is 18.9 Å². The van der Waals surface area contributed by atoms with E-state index < -0.39 is 0 Å². The fourth-order valence-corrected chi connectivity index (χ4v) is 2.44. The highest BCUT2D eigenvalue weighted by molar-refractivity contribution is 5.39. The van der Waals surface area contributed by atoms with Crippen LogP contribution < -0.4 is 5.32 Å². The molecule has 0 radical (unpaired) electrons. The van der Waals surface area contributed by atoms with Gasteiger partial charge in [-0.25, -0.2) is 4.98 Å². The Balaban J connectivity index is 1.57. The summed E-state index contributed by atoms with van der Waals surface area (Å²) in [7, 11) is 0. The van der Waals surface area contributed by atoms with Crippen LogP contribution in [0.5, 0.6) is 0 Å². The lowest BCUT2D eigenvalue weighted by Crippen LogP contribution is -2.14. The molecule has 2 aromatic rings. The van der Waals surface area contributed by atoms with Gasteiger partial charge in [0.15, 0.2) is 0 Å². The molecule has 110 valence electrons. The van der Waals surface area contributed by atoms with E-state index in [1.165, 1.54) is 32.1 Å². The van der Waals surface area contributed by atoms with Crippen molar-refractivity contribution in [3.63, 3.8) is 0 Å². The van der Waals surface area contributed by atoms with Crippen molar-refractivity contribution in [2.75, 3.05) is 6.54 Å². The highest BCUT2D eigenvalue weighted by Gasteiger charge is 2.00. The lowest BCUT2D eigenvalue weighted by atomic mass is 10.0. The molecule has 0 unspecified atom stereocenters. The van der Waals surface area contributed by atoms with Gasteiger partial charge in [0.05, 0.1) is 5.69 Å². The summed E-state index contributed by atoms with van der Waals surface area (Å²) in [5.74, 6) is 0.850. The van der Waals surface area contributed by atoms with Crippen molar-refractivity contribution in [2.45, 2.75) is 52.5 Å². The summed E-state index contributed by atoms with van der Waals surface area (Å²) in [6, 6.07) is 6.10.